The fraction of sp³-hybridized carbons (Fsp3) is 1.00. The summed E-state index contributed by atoms with van der Waals surface area (Å²) in [6.45, 7) is 2.60. The normalized spacial score (nSPS) is 13.7. The van der Waals surface area contributed by atoms with E-state index in [1.54, 1.807) is 0 Å². The maximum atomic E-state index is 8.48. The minimum absolute atomic E-state index is 0.353. The van der Waals surface area contributed by atoms with Crippen molar-refractivity contribution in [2.75, 3.05) is 11.0 Å². The average Bonchev–Trinajstić information content (AvgIpc) is 1.85. The highest BCUT2D eigenvalue weighted by Crippen LogP contribution is 2.10. The number of aliphatic hydroxyl groups is 1. The first-order chi connectivity index (χ1) is 4.31. The smallest absolute Gasteiger partial charge is 0.0431 e. The molecule has 0 aromatic rings. The Morgan fingerprint density at radius 1 is 1.44 bits per heavy atom. The summed E-state index contributed by atoms with van der Waals surface area (Å²) in [6, 6.07) is 0. The van der Waals surface area contributed by atoms with E-state index in [-0.39, 0.29) is 0 Å². The number of hydrogen-bond donors (Lipinski definition) is 1. The van der Waals surface area contributed by atoms with Gasteiger partial charge in [0.1, 0.15) is 0 Å². The Hall–Kier alpha value is 0.690. The fourth-order valence-corrected chi connectivity index (χ4v) is 1.83. The fourth-order valence-electron chi connectivity index (χ4n) is 0.770. The Bertz CT molecular complexity index is 56.9. The first kappa shape index (κ1) is 9.69. The Morgan fingerprint density at radius 2 is 2.11 bits per heavy atom. The lowest BCUT2D eigenvalue weighted by Crippen LogP contribution is -1.96. The van der Waals surface area contributed by atoms with Gasteiger partial charge in [-0.3, -0.25) is 0 Å². The summed E-state index contributed by atoms with van der Waals surface area (Å²) in [5.41, 5.74) is 0. The summed E-state index contributed by atoms with van der Waals surface area (Å²) < 4.78 is 1.24. The van der Waals surface area contributed by atoms with Crippen molar-refractivity contribution < 1.29 is 5.11 Å². The molecule has 0 bridgehead atoms. The van der Waals surface area contributed by atoms with Gasteiger partial charge in [-0.2, -0.15) is 0 Å². The lowest BCUT2D eigenvalue weighted by Gasteiger charge is -2.06. The summed E-state index contributed by atoms with van der Waals surface area (Å²) in [6.07, 6.45) is 3.44. The SMILES string of the molecule is C[C@H](CCI)CCCO. The van der Waals surface area contributed by atoms with E-state index < -0.39 is 0 Å². The van der Waals surface area contributed by atoms with E-state index in [2.05, 4.69) is 29.5 Å². The molecule has 56 valence electrons. The van der Waals surface area contributed by atoms with E-state index >= 15 is 0 Å². The van der Waals surface area contributed by atoms with Crippen LogP contribution in [0.5, 0.6) is 0 Å². The number of halogens is 1. The van der Waals surface area contributed by atoms with E-state index in [4.69, 9.17) is 5.11 Å². The summed E-state index contributed by atoms with van der Waals surface area (Å²) in [7, 11) is 0. The summed E-state index contributed by atoms with van der Waals surface area (Å²) in [5.74, 6) is 0.800. The third kappa shape index (κ3) is 6.58. The Labute approximate surface area is 71.0 Å². The molecule has 0 heterocycles. The van der Waals surface area contributed by atoms with Crippen LogP contribution in [0.15, 0.2) is 0 Å². The first-order valence-corrected chi connectivity index (χ1v) is 5.00. The lowest BCUT2D eigenvalue weighted by molar-refractivity contribution is 0.273. The van der Waals surface area contributed by atoms with E-state index in [0.29, 0.717) is 6.61 Å². The highest BCUT2D eigenvalue weighted by atomic mass is 127. The maximum Gasteiger partial charge on any atom is 0.0431 e. The van der Waals surface area contributed by atoms with Gasteiger partial charge in [0.15, 0.2) is 0 Å². The van der Waals surface area contributed by atoms with Crippen LogP contribution in [0, 0.1) is 5.92 Å². The Morgan fingerprint density at radius 3 is 2.56 bits per heavy atom. The minimum Gasteiger partial charge on any atom is -0.396 e. The summed E-state index contributed by atoms with van der Waals surface area (Å²) in [5, 5.41) is 8.48. The van der Waals surface area contributed by atoms with Gasteiger partial charge in [0, 0.05) is 6.61 Å². The van der Waals surface area contributed by atoms with Crippen molar-refractivity contribution in [2.45, 2.75) is 26.2 Å². The molecule has 0 aliphatic rings. The van der Waals surface area contributed by atoms with Crippen molar-refractivity contribution in [1.29, 1.82) is 0 Å². The Balaban J connectivity index is 2.95. The molecule has 1 nitrogen and oxygen atoms in total. The summed E-state index contributed by atoms with van der Waals surface area (Å²) in [4.78, 5) is 0. The van der Waals surface area contributed by atoms with Crippen molar-refractivity contribution in [2.24, 2.45) is 5.92 Å². The molecular weight excluding hydrogens is 227 g/mol. The molecule has 0 aromatic heterocycles. The number of rotatable bonds is 5. The molecule has 0 aromatic carbocycles. The first-order valence-electron chi connectivity index (χ1n) is 3.48. The van der Waals surface area contributed by atoms with Crippen molar-refractivity contribution in [3.63, 3.8) is 0 Å². The van der Waals surface area contributed by atoms with Gasteiger partial charge in [-0.1, -0.05) is 29.5 Å². The number of aliphatic hydroxyl groups excluding tert-OH is 1. The number of alkyl halides is 1. The minimum atomic E-state index is 0.353. The van der Waals surface area contributed by atoms with Crippen LogP contribution in [0.3, 0.4) is 0 Å². The molecule has 0 aliphatic heterocycles. The molecule has 0 rings (SSSR count). The van der Waals surface area contributed by atoms with Gasteiger partial charge < -0.3 is 5.11 Å². The monoisotopic (exact) mass is 242 g/mol. The van der Waals surface area contributed by atoms with Gasteiger partial charge in [-0.25, -0.2) is 0 Å². The molecule has 1 atom stereocenters. The van der Waals surface area contributed by atoms with Gasteiger partial charge >= 0.3 is 0 Å². The number of hydrogen-bond acceptors (Lipinski definition) is 1. The van der Waals surface area contributed by atoms with Crippen LogP contribution in [0.4, 0.5) is 0 Å². The van der Waals surface area contributed by atoms with Crippen molar-refractivity contribution in [3.05, 3.63) is 0 Å². The van der Waals surface area contributed by atoms with Crippen molar-refractivity contribution in [3.8, 4) is 0 Å². The van der Waals surface area contributed by atoms with Crippen LogP contribution >= 0.6 is 22.6 Å². The van der Waals surface area contributed by atoms with Crippen LogP contribution in [0.25, 0.3) is 0 Å². The molecule has 1 N–H and O–H groups in total. The molecular formula is C7H15IO. The second-order valence-corrected chi connectivity index (χ2v) is 3.53. The molecule has 9 heavy (non-hydrogen) atoms. The second kappa shape index (κ2) is 6.81. The second-order valence-electron chi connectivity index (χ2n) is 2.45. The molecule has 0 aliphatic carbocycles. The largest absolute Gasteiger partial charge is 0.396 e. The molecule has 0 saturated heterocycles. The zero-order valence-electron chi connectivity index (χ0n) is 5.94. The van der Waals surface area contributed by atoms with Crippen molar-refractivity contribution in [1.82, 2.24) is 0 Å². The standard InChI is InChI=1S/C7H15IO/c1-7(4-5-8)3-2-6-9/h7,9H,2-6H2,1H3/t7-/m0/s1. The molecule has 0 spiro atoms. The summed E-state index contributed by atoms with van der Waals surface area (Å²) >= 11 is 2.39. The lowest BCUT2D eigenvalue weighted by atomic mass is 10.0. The predicted octanol–water partition coefficient (Wildman–Crippen LogP) is 2.22. The van der Waals surface area contributed by atoms with Crippen LogP contribution in [-0.4, -0.2) is 16.1 Å². The average molecular weight is 242 g/mol. The topological polar surface area (TPSA) is 20.2 Å². The predicted molar refractivity (Wildman–Crippen MR) is 49.0 cm³/mol. The van der Waals surface area contributed by atoms with Crippen LogP contribution in [0.2, 0.25) is 0 Å². The highest BCUT2D eigenvalue weighted by Gasteiger charge is 1.98. The van der Waals surface area contributed by atoms with Crippen LogP contribution < -0.4 is 0 Å². The zero-order valence-corrected chi connectivity index (χ0v) is 8.10. The maximum absolute atomic E-state index is 8.48. The van der Waals surface area contributed by atoms with Gasteiger partial charge in [0.2, 0.25) is 0 Å². The van der Waals surface area contributed by atoms with E-state index in [1.807, 2.05) is 0 Å². The Kier molecular flexibility index (Phi) is 7.33. The molecule has 0 radical (unpaired) electrons. The molecule has 2 heteroatoms. The molecule has 0 saturated carbocycles. The molecule has 0 fully saturated rings. The van der Waals surface area contributed by atoms with Crippen LogP contribution in [0.1, 0.15) is 26.2 Å². The highest BCUT2D eigenvalue weighted by molar-refractivity contribution is 14.1. The van der Waals surface area contributed by atoms with E-state index in [9.17, 15) is 0 Å². The van der Waals surface area contributed by atoms with E-state index in [0.717, 1.165) is 12.3 Å². The quantitative estimate of drug-likeness (QED) is 0.579. The van der Waals surface area contributed by atoms with Gasteiger partial charge in [0.25, 0.3) is 0 Å². The third-order valence-electron chi connectivity index (χ3n) is 1.46. The van der Waals surface area contributed by atoms with Crippen molar-refractivity contribution >= 4 is 22.6 Å². The van der Waals surface area contributed by atoms with Gasteiger partial charge in [-0.15, -0.1) is 0 Å². The van der Waals surface area contributed by atoms with Gasteiger partial charge in [0.05, 0.1) is 0 Å². The molecule has 0 amide bonds. The van der Waals surface area contributed by atoms with E-state index in [1.165, 1.54) is 17.3 Å². The molecule has 0 unspecified atom stereocenters. The zero-order chi connectivity index (χ0) is 7.11. The van der Waals surface area contributed by atoms with Gasteiger partial charge in [-0.05, 0) is 29.6 Å². The third-order valence-corrected chi connectivity index (χ3v) is 2.08. The van der Waals surface area contributed by atoms with Crippen LogP contribution in [-0.2, 0) is 0 Å².